The van der Waals surface area contributed by atoms with Crippen LogP contribution < -0.4 is 11.1 Å². The first-order chi connectivity index (χ1) is 5.22. The van der Waals surface area contributed by atoms with E-state index in [0.717, 1.165) is 6.54 Å². The molecule has 64 valence electrons. The Morgan fingerprint density at radius 3 is 3.00 bits per heavy atom. The Morgan fingerprint density at radius 2 is 2.55 bits per heavy atom. The number of hydrogen-bond donors (Lipinski definition) is 2. The number of hydrogen-bond acceptors (Lipinski definition) is 4. The van der Waals surface area contributed by atoms with Gasteiger partial charge in [-0.25, -0.2) is 0 Å². The molecular weight excluding hydrogens is 144 g/mol. The fourth-order valence-electron chi connectivity index (χ4n) is 1.04. The minimum atomic E-state index is -0.417. The molecule has 0 bridgehead atoms. The maximum Gasteiger partial charge on any atom is 0.179 e. The van der Waals surface area contributed by atoms with Gasteiger partial charge in [0.2, 0.25) is 0 Å². The van der Waals surface area contributed by atoms with Crippen LogP contribution in [0.4, 0.5) is 0 Å². The highest BCUT2D eigenvalue weighted by atomic mass is 16.5. The molecule has 0 aliphatic carbocycles. The number of nitrogens with one attached hydrogen (secondary N) is 1. The molecule has 2 atom stereocenters. The van der Waals surface area contributed by atoms with Crippen LogP contribution in [-0.2, 0) is 9.53 Å². The predicted octanol–water partition coefficient (Wildman–Crippen LogP) is -1.11. The van der Waals surface area contributed by atoms with E-state index in [1.54, 1.807) is 6.92 Å². The molecule has 1 fully saturated rings. The number of ketones is 1. The molecule has 1 saturated heterocycles. The summed E-state index contributed by atoms with van der Waals surface area (Å²) in [6, 6.07) is -0.417. The predicted molar refractivity (Wildman–Crippen MR) is 41.3 cm³/mol. The molecule has 0 aromatic carbocycles. The van der Waals surface area contributed by atoms with Crippen LogP contribution in [0.1, 0.15) is 6.92 Å². The van der Waals surface area contributed by atoms with Gasteiger partial charge in [-0.15, -0.1) is 0 Å². The highest BCUT2D eigenvalue weighted by Gasteiger charge is 2.23. The standard InChI is InChI=1S/C7H14N2O2/c1-5(8)7(10)6-4-9-2-3-11-6/h5-6,9H,2-4,8H2,1H3. The van der Waals surface area contributed by atoms with Gasteiger partial charge in [0, 0.05) is 13.1 Å². The Labute approximate surface area is 66.1 Å². The molecule has 1 aliphatic rings. The van der Waals surface area contributed by atoms with Crippen molar-refractivity contribution in [3.05, 3.63) is 0 Å². The molecule has 4 nitrogen and oxygen atoms in total. The molecule has 1 heterocycles. The summed E-state index contributed by atoms with van der Waals surface area (Å²) in [6.07, 6.45) is -0.330. The number of carbonyl (C=O) groups excluding carboxylic acids is 1. The smallest absolute Gasteiger partial charge is 0.179 e. The van der Waals surface area contributed by atoms with Crippen molar-refractivity contribution in [3.8, 4) is 0 Å². The molecule has 3 N–H and O–H groups in total. The van der Waals surface area contributed by atoms with E-state index in [1.165, 1.54) is 0 Å². The monoisotopic (exact) mass is 158 g/mol. The van der Waals surface area contributed by atoms with E-state index in [9.17, 15) is 4.79 Å². The number of nitrogens with two attached hydrogens (primary N) is 1. The van der Waals surface area contributed by atoms with Crippen LogP contribution in [0.15, 0.2) is 0 Å². The number of carbonyl (C=O) groups is 1. The largest absolute Gasteiger partial charge is 0.368 e. The van der Waals surface area contributed by atoms with Gasteiger partial charge in [0.05, 0.1) is 12.6 Å². The average Bonchev–Trinajstić information content (AvgIpc) is 2.05. The Hall–Kier alpha value is -0.450. The summed E-state index contributed by atoms with van der Waals surface area (Å²) in [5.41, 5.74) is 5.41. The quantitative estimate of drug-likeness (QED) is 0.535. The van der Waals surface area contributed by atoms with Crippen LogP contribution in [0.2, 0.25) is 0 Å². The van der Waals surface area contributed by atoms with Gasteiger partial charge in [-0.3, -0.25) is 4.79 Å². The molecule has 0 amide bonds. The van der Waals surface area contributed by atoms with Gasteiger partial charge in [-0.1, -0.05) is 0 Å². The zero-order valence-corrected chi connectivity index (χ0v) is 6.67. The van der Waals surface area contributed by atoms with E-state index < -0.39 is 6.04 Å². The van der Waals surface area contributed by atoms with Crippen molar-refractivity contribution in [2.45, 2.75) is 19.1 Å². The fourth-order valence-corrected chi connectivity index (χ4v) is 1.04. The fraction of sp³-hybridized carbons (Fsp3) is 0.857. The van der Waals surface area contributed by atoms with Crippen molar-refractivity contribution in [1.29, 1.82) is 0 Å². The summed E-state index contributed by atoms with van der Waals surface area (Å²) in [4.78, 5) is 11.2. The van der Waals surface area contributed by atoms with Crippen molar-refractivity contribution < 1.29 is 9.53 Å². The minimum Gasteiger partial charge on any atom is -0.368 e. The molecule has 1 rings (SSSR count). The Morgan fingerprint density at radius 1 is 1.82 bits per heavy atom. The lowest BCUT2D eigenvalue weighted by Gasteiger charge is -2.23. The van der Waals surface area contributed by atoms with Gasteiger partial charge < -0.3 is 15.8 Å². The van der Waals surface area contributed by atoms with Crippen molar-refractivity contribution >= 4 is 5.78 Å². The Bertz CT molecular complexity index is 141. The number of Topliss-reactive ketones (excluding diaryl/α,β-unsaturated/α-hetero) is 1. The second-order valence-corrected chi connectivity index (χ2v) is 2.75. The van der Waals surface area contributed by atoms with Gasteiger partial charge in [0.25, 0.3) is 0 Å². The maximum atomic E-state index is 11.2. The second-order valence-electron chi connectivity index (χ2n) is 2.75. The molecule has 2 unspecified atom stereocenters. The zero-order chi connectivity index (χ0) is 8.27. The second kappa shape index (κ2) is 3.80. The van der Waals surface area contributed by atoms with Gasteiger partial charge in [-0.2, -0.15) is 0 Å². The lowest BCUT2D eigenvalue weighted by Crippen LogP contribution is -2.48. The normalized spacial score (nSPS) is 28.0. The number of ether oxygens (including phenoxy) is 1. The first-order valence-corrected chi connectivity index (χ1v) is 3.83. The first-order valence-electron chi connectivity index (χ1n) is 3.83. The van der Waals surface area contributed by atoms with Crippen LogP contribution in [0, 0.1) is 0 Å². The van der Waals surface area contributed by atoms with E-state index in [-0.39, 0.29) is 11.9 Å². The van der Waals surface area contributed by atoms with Crippen molar-refractivity contribution in [2.24, 2.45) is 5.73 Å². The highest BCUT2D eigenvalue weighted by molar-refractivity contribution is 5.87. The zero-order valence-electron chi connectivity index (χ0n) is 6.67. The third kappa shape index (κ3) is 2.25. The van der Waals surface area contributed by atoms with Crippen molar-refractivity contribution in [2.75, 3.05) is 19.7 Å². The molecule has 11 heavy (non-hydrogen) atoms. The average molecular weight is 158 g/mol. The topological polar surface area (TPSA) is 64.4 Å². The summed E-state index contributed by atoms with van der Waals surface area (Å²) in [6.45, 7) is 3.70. The van der Waals surface area contributed by atoms with E-state index in [1.807, 2.05) is 0 Å². The molecule has 0 aromatic heterocycles. The Kier molecular flexibility index (Phi) is 2.99. The van der Waals surface area contributed by atoms with Crippen LogP contribution in [0.3, 0.4) is 0 Å². The third-order valence-corrected chi connectivity index (χ3v) is 1.69. The maximum absolute atomic E-state index is 11.2. The number of rotatable bonds is 2. The third-order valence-electron chi connectivity index (χ3n) is 1.69. The van der Waals surface area contributed by atoms with Crippen molar-refractivity contribution in [3.63, 3.8) is 0 Å². The highest BCUT2D eigenvalue weighted by Crippen LogP contribution is 1.99. The van der Waals surface area contributed by atoms with Crippen LogP contribution in [0.5, 0.6) is 0 Å². The summed E-state index contributed by atoms with van der Waals surface area (Å²) in [5, 5.41) is 3.07. The van der Waals surface area contributed by atoms with Gasteiger partial charge in [0.15, 0.2) is 5.78 Å². The summed E-state index contributed by atoms with van der Waals surface area (Å²) in [7, 11) is 0. The molecule has 1 aliphatic heterocycles. The van der Waals surface area contributed by atoms with E-state index in [2.05, 4.69) is 5.32 Å². The summed E-state index contributed by atoms with van der Waals surface area (Å²) < 4.78 is 5.21. The summed E-state index contributed by atoms with van der Waals surface area (Å²) in [5.74, 6) is -0.0165. The Balaban J connectivity index is 2.39. The van der Waals surface area contributed by atoms with E-state index in [4.69, 9.17) is 10.5 Å². The molecule has 4 heteroatoms. The number of morpholine rings is 1. The van der Waals surface area contributed by atoms with Crippen LogP contribution >= 0.6 is 0 Å². The van der Waals surface area contributed by atoms with Crippen LogP contribution in [-0.4, -0.2) is 37.6 Å². The van der Waals surface area contributed by atoms with E-state index in [0.29, 0.717) is 13.2 Å². The molecule has 0 spiro atoms. The SMILES string of the molecule is CC(N)C(=O)C1CNCCO1. The van der Waals surface area contributed by atoms with Gasteiger partial charge in [-0.05, 0) is 6.92 Å². The van der Waals surface area contributed by atoms with E-state index >= 15 is 0 Å². The lowest BCUT2D eigenvalue weighted by molar-refractivity contribution is -0.132. The molecule has 0 aromatic rings. The van der Waals surface area contributed by atoms with Crippen LogP contribution in [0.25, 0.3) is 0 Å². The molecule has 0 saturated carbocycles. The lowest BCUT2D eigenvalue weighted by atomic mass is 10.1. The first kappa shape index (κ1) is 8.64. The molecular formula is C7H14N2O2. The van der Waals surface area contributed by atoms with Crippen molar-refractivity contribution in [1.82, 2.24) is 5.32 Å². The van der Waals surface area contributed by atoms with Gasteiger partial charge in [0.1, 0.15) is 6.10 Å². The summed E-state index contributed by atoms with van der Waals surface area (Å²) >= 11 is 0. The minimum absolute atomic E-state index is 0.0165. The molecule has 0 radical (unpaired) electrons. The van der Waals surface area contributed by atoms with Gasteiger partial charge >= 0.3 is 0 Å².